The number of aromatic amines is 1. The Morgan fingerprint density at radius 3 is 2.15 bits per heavy atom. The van der Waals surface area contributed by atoms with E-state index in [0.717, 1.165) is 52.1 Å². The van der Waals surface area contributed by atoms with Gasteiger partial charge >= 0.3 is 5.95 Å². The zero-order valence-corrected chi connectivity index (χ0v) is 23.1. The molecule has 0 bridgehead atoms. The van der Waals surface area contributed by atoms with Crippen molar-refractivity contribution in [3.05, 3.63) is 108 Å². The first kappa shape index (κ1) is 25.4. The third kappa shape index (κ3) is 4.83. The lowest BCUT2D eigenvalue weighted by Gasteiger charge is -2.34. The molecule has 7 nitrogen and oxygen atoms in total. The maximum atomic E-state index is 12.9. The Morgan fingerprint density at radius 2 is 1.49 bits per heavy atom. The van der Waals surface area contributed by atoms with Gasteiger partial charge in [-0.1, -0.05) is 77.8 Å². The molecule has 0 spiro atoms. The van der Waals surface area contributed by atoms with Crippen LogP contribution in [0.1, 0.15) is 35.2 Å². The quantitative estimate of drug-likeness (QED) is 0.357. The maximum Gasteiger partial charge on any atom is 0.393 e. The molecule has 2 fully saturated rings. The topological polar surface area (TPSA) is 91.1 Å². The minimum atomic E-state index is 0.0552. The number of quaternary nitrogens is 1. The number of nitrogens with zero attached hydrogens (tertiary/aromatic N) is 4. The molecular weight excluding hydrogens is 508 g/mol. The molecule has 7 rings (SSSR count). The summed E-state index contributed by atoms with van der Waals surface area (Å²) in [7, 11) is 0. The molecule has 3 aromatic carbocycles. The van der Waals surface area contributed by atoms with E-state index in [-0.39, 0.29) is 11.4 Å². The number of piperazine rings is 1. The summed E-state index contributed by atoms with van der Waals surface area (Å²) in [6.45, 7) is 2.70. The Labute approximate surface area is 239 Å². The minimum absolute atomic E-state index is 0.0552. The zero-order valence-electron chi connectivity index (χ0n) is 23.1. The van der Waals surface area contributed by atoms with E-state index in [9.17, 15) is 4.79 Å². The summed E-state index contributed by atoms with van der Waals surface area (Å²) in [5.41, 5.74) is 11.5. The number of H-pyrrole nitrogens is 1. The molecule has 1 aliphatic heterocycles. The van der Waals surface area contributed by atoms with E-state index in [1.807, 2.05) is 47.5 Å². The van der Waals surface area contributed by atoms with Gasteiger partial charge in [0.25, 0.3) is 5.91 Å². The monoisotopic (exact) mass is 542 g/mol. The summed E-state index contributed by atoms with van der Waals surface area (Å²) in [5.74, 6) is 0.850. The summed E-state index contributed by atoms with van der Waals surface area (Å²) < 4.78 is 0. The average Bonchev–Trinajstić information content (AvgIpc) is 3.03. The van der Waals surface area contributed by atoms with Crippen LogP contribution in [0, 0.1) is 0 Å². The molecule has 204 valence electrons. The fraction of sp³-hybridized carbons (Fsp3) is 0.235. The van der Waals surface area contributed by atoms with Crippen molar-refractivity contribution in [1.29, 1.82) is 0 Å². The first-order chi connectivity index (χ1) is 20.1. The molecule has 2 aromatic heterocycles. The average molecular weight is 543 g/mol. The largest absolute Gasteiger partial charge is 0.393 e. The van der Waals surface area contributed by atoms with Crippen molar-refractivity contribution in [1.82, 2.24) is 14.9 Å². The molecule has 0 atom stereocenters. The number of amides is 1. The Kier molecular flexibility index (Phi) is 6.44. The highest BCUT2D eigenvalue weighted by atomic mass is 16.2. The second-order valence-electron chi connectivity index (χ2n) is 11.2. The highest BCUT2D eigenvalue weighted by Crippen LogP contribution is 2.38. The van der Waals surface area contributed by atoms with E-state index < -0.39 is 0 Å². The number of rotatable bonds is 5. The van der Waals surface area contributed by atoms with Crippen LogP contribution in [0.25, 0.3) is 33.4 Å². The second-order valence-corrected chi connectivity index (χ2v) is 11.2. The number of nitrogens with one attached hydrogen (secondary N) is 1. The fourth-order valence-corrected chi connectivity index (χ4v) is 5.97. The molecule has 3 heterocycles. The van der Waals surface area contributed by atoms with E-state index in [1.165, 1.54) is 12.0 Å². The summed E-state index contributed by atoms with van der Waals surface area (Å²) in [4.78, 5) is 30.5. The van der Waals surface area contributed by atoms with Gasteiger partial charge in [0.15, 0.2) is 0 Å². The van der Waals surface area contributed by atoms with Crippen molar-refractivity contribution in [2.45, 2.75) is 24.8 Å². The smallest absolute Gasteiger partial charge is 0.349 e. The van der Waals surface area contributed by atoms with Crippen molar-refractivity contribution in [3.8, 4) is 22.4 Å². The van der Waals surface area contributed by atoms with Crippen molar-refractivity contribution in [2.24, 2.45) is 0 Å². The highest BCUT2D eigenvalue weighted by Gasteiger charge is 2.38. The predicted octanol–water partition coefficient (Wildman–Crippen LogP) is 4.36. The molecule has 0 radical (unpaired) electrons. The molecular formula is C34H34N6O+2. The first-order valence-electron chi connectivity index (χ1n) is 14.4. The molecule has 5 aromatic rings. The van der Waals surface area contributed by atoms with Crippen LogP contribution in [0.3, 0.4) is 0 Å². The zero-order chi connectivity index (χ0) is 27.8. The minimum Gasteiger partial charge on any atom is -0.349 e. The lowest BCUT2D eigenvalue weighted by molar-refractivity contribution is -0.509. The molecule has 1 saturated carbocycles. The number of carbonyl (C=O) groups excluding carboxylic acids is 1. The Hall–Kier alpha value is -4.62. The van der Waals surface area contributed by atoms with Crippen molar-refractivity contribution >= 4 is 22.9 Å². The number of hydrogen-bond donors (Lipinski definition) is 1. The number of pyridine rings is 1. The van der Waals surface area contributed by atoms with Crippen molar-refractivity contribution in [3.63, 3.8) is 0 Å². The van der Waals surface area contributed by atoms with Gasteiger partial charge < -0.3 is 10.6 Å². The summed E-state index contributed by atoms with van der Waals surface area (Å²) in [6, 6.07) is 30.9. The number of carbonyl (C=O) groups is 1. The van der Waals surface area contributed by atoms with Gasteiger partial charge in [-0.25, -0.2) is 9.97 Å². The van der Waals surface area contributed by atoms with E-state index in [1.54, 1.807) is 0 Å². The highest BCUT2D eigenvalue weighted by molar-refractivity contribution is 5.94. The summed E-state index contributed by atoms with van der Waals surface area (Å²) in [5, 5.41) is 0.956. The third-order valence-electron chi connectivity index (χ3n) is 8.65. The second kappa shape index (κ2) is 10.4. The lowest BCUT2D eigenvalue weighted by atomic mass is 9.72. The lowest BCUT2D eigenvalue weighted by Crippen LogP contribution is -2.73. The molecule has 1 amide bonds. The third-order valence-corrected chi connectivity index (χ3v) is 8.65. The molecule has 1 saturated heterocycles. The number of fused-ring (bicyclic) bond motifs is 1. The van der Waals surface area contributed by atoms with Crippen LogP contribution in [0.5, 0.6) is 0 Å². The summed E-state index contributed by atoms with van der Waals surface area (Å²) in [6.07, 6.45) is 5.54. The number of aromatic nitrogens is 3. The Balaban J connectivity index is 1.19. The Bertz CT molecular complexity index is 1690. The van der Waals surface area contributed by atoms with Gasteiger partial charge in [-0.15, -0.1) is 0 Å². The van der Waals surface area contributed by atoms with Gasteiger partial charge in [0.05, 0.1) is 43.5 Å². The van der Waals surface area contributed by atoms with Gasteiger partial charge in [-0.2, -0.15) is 0 Å². The van der Waals surface area contributed by atoms with Crippen LogP contribution >= 0.6 is 0 Å². The molecule has 1 aliphatic carbocycles. The Morgan fingerprint density at radius 1 is 0.805 bits per heavy atom. The number of benzene rings is 3. The first-order valence-corrected chi connectivity index (χ1v) is 14.4. The van der Waals surface area contributed by atoms with Gasteiger partial charge in [0.2, 0.25) is 5.65 Å². The van der Waals surface area contributed by atoms with Crippen LogP contribution in [0.4, 0.5) is 5.95 Å². The molecule has 2 aliphatic rings. The normalized spacial score (nSPS) is 16.4. The van der Waals surface area contributed by atoms with Crippen LogP contribution in [-0.4, -0.2) is 47.0 Å². The fourth-order valence-electron chi connectivity index (χ4n) is 5.97. The van der Waals surface area contributed by atoms with E-state index in [0.29, 0.717) is 31.8 Å². The van der Waals surface area contributed by atoms with Gasteiger partial charge in [-0.05, 0) is 30.2 Å². The van der Waals surface area contributed by atoms with Gasteiger partial charge in [-0.3, -0.25) is 9.69 Å². The van der Waals surface area contributed by atoms with E-state index in [2.05, 4.69) is 70.2 Å². The van der Waals surface area contributed by atoms with Crippen LogP contribution in [-0.2, 0) is 5.54 Å². The molecule has 4 N–H and O–H groups in total. The van der Waals surface area contributed by atoms with Crippen LogP contribution in [0.2, 0.25) is 0 Å². The number of anilines is 1. The molecule has 0 unspecified atom stereocenters. The summed E-state index contributed by atoms with van der Waals surface area (Å²) >= 11 is 0. The van der Waals surface area contributed by atoms with Crippen LogP contribution < -0.4 is 15.6 Å². The number of hydrogen-bond acceptors (Lipinski definition) is 4. The SMILES string of the molecule is [NH3+]C1(c2ccc(-c3nc4nc(N5CCN(C(=O)c6ccccc6)CC5)[nH+]cc4cc3-c3ccccc3)cc2)CCC1. The standard InChI is InChI=1S/C34H32N6O/c35-34(16-7-17-34)28-14-12-25(13-15-28)30-29(24-8-3-1-4-9-24)22-27-23-36-33(38-31(27)37-30)40-20-18-39(19-21-40)32(41)26-10-5-2-6-11-26/h1-6,8-15,22-23H,7,16-21,35H2/p+2. The molecule has 7 heteroatoms. The van der Waals surface area contributed by atoms with Crippen molar-refractivity contribution in [2.75, 3.05) is 31.1 Å². The van der Waals surface area contributed by atoms with E-state index in [4.69, 9.17) is 9.97 Å². The van der Waals surface area contributed by atoms with E-state index >= 15 is 0 Å². The molecule has 41 heavy (non-hydrogen) atoms. The van der Waals surface area contributed by atoms with Gasteiger partial charge in [0, 0.05) is 35.1 Å². The maximum absolute atomic E-state index is 12.9. The van der Waals surface area contributed by atoms with Crippen LogP contribution in [0.15, 0.2) is 97.2 Å². The van der Waals surface area contributed by atoms with Gasteiger partial charge in [0.1, 0.15) is 5.54 Å². The predicted molar refractivity (Wildman–Crippen MR) is 160 cm³/mol. The van der Waals surface area contributed by atoms with Crippen molar-refractivity contribution < 1.29 is 15.5 Å².